The molecule has 0 fully saturated rings. The van der Waals surface area contributed by atoms with E-state index in [2.05, 4.69) is 16.8 Å². The average Bonchev–Trinajstić information content (AvgIpc) is 2.35. The summed E-state index contributed by atoms with van der Waals surface area (Å²) in [4.78, 5) is 6.48. The fourth-order valence-corrected chi connectivity index (χ4v) is 1.76. The van der Waals surface area contributed by atoms with Gasteiger partial charge in [-0.2, -0.15) is 0 Å². The lowest BCUT2D eigenvalue weighted by atomic mass is 10.3. The lowest BCUT2D eigenvalue weighted by Gasteiger charge is -2.25. The van der Waals surface area contributed by atoms with Crippen LogP contribution in [0.15, 0.2) is 18.3 Å². The predicted molar refractivity (Wildman–Crippen MR) is 74.2 cm³/mol. The fraction of sp³-hybridized carbons (Fsp3) is 0.643. The zero-order valence-electron chi connectivity index (χ0n) is 11.6. The van der Waals surface area contributed by atoms with Crippen LogP contribution < -0.4 is 9.64 Å². The second-order valence-electron chi connectivity index (χ2n) is 4.56. The Hall–Kier alpha value is -1.29. The molecule has 0 aromatic carbocycles. The quantitative estimate of drug-likeness (QED) is 0.772. The third-order valence-corrected chi connectivity index (χ3v) is 2.56. The molecular weight excluding hydrogens is 228 g/mol. The van der Waals surface area contributed by atoms with Gasteiger partial charge >= 0.3 is 0 Å². The number of hydrogen-bond acceptors (Lipinski definition) is 4. The lowest BCUT2D eigenvalue weighted by Crippen LogP contribution is -2.29. The van der Waals surface area contributed by atoms with Crippen LogP contribution in [0, 0.1) is 0 Å². The summed E-state index contributed by atoms with van der Waals surface area (Å²) in [5, 5.41) is 9.16. The third kappa shape index (κ3) is 4.53. The molecule has 0 radical (unpaired) electrons. The molecule has 0 bridgehead atoms. The van der Waals surface area contributed by atoms with Crippen LogP contribution in [0.2, 0.25) is 0 Å². The van der Waals surface area contributed by atoms with Gasteiger partial charge in [-0.3, -0.25) is 0 Å². The van der Waals surface area contributed by atoms with E-state index in [1.165, 1.54) is 0 Å². The number of unbranched alkanes of at least 4 members (excludes halogenated alkanes) is 1. The first-order chi connectivity index (χ1) is 8.69. The van der Waals surface area contributed by atoms with Crippen molar-refractivity contribution in [2.75, 3.05) is 24.6 Å². The summed E-state index contributed by atoms with van der Waals surface area (Å²) in [7, 11) is 0. The monoisotopic (exact) mass is 252 g/mol. The molecule has 0 aliphatic heterocycles. The summed E-state index contributed by atoms with van der Waals surface area (Å²) in [5.74, 6) is 1.62. The minimum Gasteiger partial charge on any atom is -0.487 e. The molecule has 102 valence electrons. The molecule has 0 aliphatic rings. The van der Waals surface area contributed by atoms with Crippen LogP contribution in [0.5, 0.6) is 5.75 Å². The number of nitrogens with zero attached hydrogens (tertiary/aromatic N) is 2. The van der Waals surface area contributed by atoms with Crippen molar-refractivity contribution >= 4 is 5.82 Å². The number of hydrogen-bond donors (Lipinski definition) is 1. The van der Waals surface area contributed by atoms with Gasteiger partial charge in [-0.25, -0.2) is 4.98 Å². The van der Waals surface area contributed by atoms with Crippen LogP contribution in [0.25, 0.3) is 0 Å². The van der Waals surface area contributed by atoms with Crippen LogP contribution in [0.4, 0.5) is 5.82 Å². The van der Waals surface area contributed by atoms with Crippen LogP contribution in [0.1, 0.15) is 33.6 Å². The number of aliphatic hydroxyl groups excluding tert-OH is 1. The van der Waals surface area contributed by atoms with Gasteiger partial charge in [0, 0.05) is 19.3 Å². The van der Waals surface area contributed by atoms with Gasteiger partial charge in [-0.15, -0.1) is 0 Å². The number of aliphatic hydroxyl groups is 1. The summed E-state index contributed by atoms with van der Waals surface area (Å²) in [5.41, 5.74) is 0. The smallest absolute Gasteiger partial charge is 0.171 e. The molecule has 0 aliphatic carbocycles. The summed E-state index contributed by atoms with van der Waals surface area (Å²) < 4.78 is 5.77. The number of aromatic nitrogens is 1. The van der Waals surface area contributed by atoms with E-state index in [0.29, 0.717) is 6.54 Å². The normalized spacial score (nSPS) is 10.7. The van der Waals surface area contributed by atoms with Gasteiger partial charge in [0.1, 0.15) is 0 Å². The summed E-state index contributed by atoms with van der Waals surface area (Å²) >= 11 is 0. The maximum absolute atomic E-state index is 9.16. The second kappa shape index (κ2) is 7.93. The maximum Gasteiger partial charge on any atom is 0.171 e. The van der Waals surface area contributed by atoms with Crippen molar-refractivity contribution in [3.63, 3.8) is 0 Å². The number of ether oxygens (including phenoxy) is 1. The van der Waals surface area contributed by atoms with E-state index in [9.17, 15) is 0 Å². The molecule has 1 heterocycles. The molecule has 1 aromatic heterocycles. The maximum atomic E-state index is 9.16. The van der Waals surface area contributed by atoms with E-state index in [0.717, 1.165) is 31.0 Å². The average molecular weight is 252 g/mol. The van der Waals surface area contributed by atoms with Crippen LogP contribution in [-0.2, 0) is 0 Å². The Morgan fingerprint density at radius 1 is 1.39 bits per heavy atom. The Morgan fingerprint density at radius 2 is 2.17 bits per heavy atom. The lowest BCUT2D eigenvalue weighted by molar-refractivity contribution is 0.241. The molecular formula is C14H24N2O2. The SMILES string of the molecule is CCCCN(CCO)c1ncccc1OC(C)C. The highest BCUT2D eigenvalue weighted by molar-refractivity contribution is 5.52. The van der Waals surface area contributed by atoms with Gasteiger partial charge in [0.2, 0.25) is 0 Å². The number of pyridine rings is 1. The summed E-state index contributed by atoms with van der Waals surface area (Å²) in [6, 6.07) is 3.80. The van der Waals surface area contributed by atoms with Crippen LogP contribution in [-0.4, -0.2) is 35.9 Å². The van der Waals surface area contributed by atoms with E-state index in [-0.39, 0.29) is 12.7 Å². The number of anilines is 1. The van der Waals surface area contributed by atoms with Crippen LogP contribution >= 0.6 is 0 Å². The molecule has 0 amide bonds. The van der Waals surface area contributed by atoms with E-state index in [1.807, 2.05) is 26.0 Å². The van der Waals surface area contributed by atoms with Crippen molar-refractivity contribution < 1.29 is 9.84 Å². The van der Waals surface area contributed by atoms with Gasteiger partial charge in [0.15, 0.2) is 11.6 Å². The Morgan fingerprint density at radius 3 is 2.78 bits per heavy atom. The number of rotatable bonds is 8. The van der Waals surface area contributed by atoms with Gasteiger partial charge in [0.05, 0.1) is 12.7 Å². The van der Waals surface area contributed by atoms with E-state index in [4.69, 9.17) is 9.84 Å². The Balaban J connectivity index is 2.87. The molecule has 4 nitrogen and oxygen atoms in total. The fourth-order valence-electron chi connectivity index (χ4n) is 1.76. The third-order valence-electron chi connectivity index (χ3n) is 2.56. The van der Waals surface area contributed by atoms with Crippen molar-refractivity contribution in [2.45, 2.75) is 39.7 Å². The van der Waals surface area contributed by atoms with Crippen molar-refractivity contribution in [3.8, 4) is 5.75 Å². The predicted octanol–water partition coefficient (Wildman–Crippen LogP) is 2.47. The Labute approximate surface area is 110 Å². The molecule has 0 spiro atoms. The molecule has 0 atom stereocenters. The van der Waals surface area contributed by atoms with Crippen molar-refractivity contribution in [1.29, 1.82) is 0 Å². The standard InChI is InChI=1S/C14H24N2O2/c1-4-5-9-16(10-11-17)14-13(18-12(2)3)7-6-8-15-14/h6-8,12,17H,4-5,9-11H2,1-3H3. The second-order valence-corrected chi connectivity index (χ2v) is 4.56. The summed E-state index contributed by atoms with van der Waals surface area (Å²) in [6.07, 6.45) is 4.08. The van der Waals surface area contributed by atoms with Crippen LogP contribution in [0.3, 0.4) is 0 Å². The highest BCUT2D eigenvalue weighted by Crippen LogP contribution is 2.26. The molecule has 1 N–H and O–H groups in total. The van der Waals surface area contributed by atoms with Gasteiger partial charge < -0.3 is 14.7 Å². The zero-order valence-corrected chi connectivity index (χ0v) is 11.6. The summed E-state index contributed by atoms with van der Waals surface area (Å²) in [6.45, 7) is 7.76. The first-order valence-electron chi connectivity index (χ1n) is 6.66. The zero-order chi connectivity index (χ0) is 13.4. The van der Waals surface area contributed by atoms with Gasteiger partial charge in [-0.1, -0.05) is 13.3 Å². The Bertz CT molecular complexity index is 342. The van der Waals surface area contributed by atoms with Gasteiger partial charge in [-0.05, 0) is 32.4 Å². The van der Waals surface area contributed by atoms with Crippen molar-refractivity contribution in [2.24, 2.45) is 0 Å². The first-order valence-corrected chi connectivity index (χ1v) is 6.66. The molecule has 1 rings (SSSR count). The van der Waals surface area contributed by atoms with Crippen molar-refractivity contribution in [3.05, 3.63) is 18.3 Å². The topological polar surface area (TPSA) is 45.6 Å². The molecule has 0 saturated heterocycles. The largest absolute Gasteiger partial charge is 0.487 e. The highest BCUT2D eigenvalue weighted by Gasteiger charge is 2.13. The van der Waals surface area contributed by atoms with E-state index < -0.39 is 0 Å². The van der Waals surface area contributed by atoms with Crippen molar-refractivity contribution in [1.82, 2.24) is 4.98 Å². The Kier molecular flexibility index (Phi) is 6.50. The highest BCUT2D eigenvalue weighted by atomic mass is 16.5. The minimum atomic E-state index is 0.120. The first kappa shape index (κ1) is 14.8. The van der Waals surface area contributed by atoms with Gasteiger partial charge in [0.25, 0.3) is 0 Å². The minimum absolute atomic E-state index is 0.120. The van der Waals surface area contributed by atoms with E-state index >= 15 is 0 Å². The molecule has 0 saturated carbocycles. The molecule has 4 heteroatoms. The molecule has 0 unspecified atom stereocenters. The molecule has 1 aromatic rings. The van der Waals surface area contributed by atoms with E-state index in [1.54, 1.807) is 6.20 Å². The molecule has 18 heavy (non-hydrogen) atoms.